The van der Waals surface area contributed by atoms with Crippen molar-refractivity contribution in [2.75, 3.05) is 44.2 Å². The van der Waals surface area contributed by atoms with Crippen LogP contribution in [0.4, 0.5) is 18.9 Å². The van der Waals surface area contributed by atoms with E-state index in [1.54, 1.807) is 15.8 Å². The Bertz CT molecular complexity index is 575. The second-order valence-electron chi connectivity index (χ2n) is 6.10. The number of aryl methyl sites for hydroxylation is 1. The van der Waals surface area contributed by atoms with E-state index >= 15 is 0 Å². The molecule has 3 heterocycles. The predicted octanol–water partition coefficient (Wildman–Crippen LogP) is 1.31. The number of nitrogens with zero attached hydrogens (tertiary/aromatic N) is 4. The molecule has 0 saturated carbocycles. The molecule has 2 saturated heterocycles. The Morgan fingerprint density at radius 1 is 1.20 bits per heavy atom. The maximum Gasteiger partial charge on any atom is 0.393 e. The Labute approximate surface area is 156 Å². The molecule has 11 heteroatoms. The lowest BCUT2D eigenvalue weighted by Gasteiger charge is -2.37. The molecule has 2 aliphatic heterocycles. The summed E-state index contributed by atoms with van der Waals surface area (Å²) in [4.78, 5) is 16.1. The first-order chi connectivity index (χ1) is 10.9. The highest BCUT2D eigenvalue weighted by atomic mass is 35.5. The molecule has 2 fully saturated rings. The fourth-order valence-electron chi connectivity index (χ4n) is 3.27. The zero-order valence-electron chi connectivity index (χ0n) is 13.7. The van der Waals surface area contributed by atoms with E-state index in [1.165, 1.54) is 0 Å². The quantitative estimate of drug-likeness (QED) is 0.808. The van der Waals surface area contributed by atoms with Crippen molar-refractivity contribution in [1.82, 2.24) is 20.0 Å². The molecule has 2 aliphatic rings. The number of piperazine rings is 1. The van der Waals surface area contributed by atoms with Gasteiger partial charge in [0.05, 0.1) is 23.7 Å². The van der Waals surface area contributed by atoms with Crippen molar-refractivity contribution in [3.05, 3.63) is 12.4 Å². The Morgan fingerprint density at radius 3 is 2.36 bits per heavy atom. The molecule has 2 atom stereocenters. The summed E-state index contributed by atoms with van der Waals surface area (Å²) in [6.45, 7) is 2.02. The molecule has 0 bridgehead atoms. The number of carbonyl (C=O) groups excluding carboxylic acids is 1. The van der Waals surface area contributed by atoms with Crippen LogP contribution >= 0.6 is 24.8 Å². The summed E-state index contributed by atoms with van der Waals surface area (Å²) < 4.78 is 40.7. The van der Waals surface area contributed by atoms with Gasteiger partial charge in [0.15, 0.2) is 0 Å². The molecule has 0 spiro atoms. The van der Waals surface area contributed by atoms with Gasteiger partial charge in [-0.15, -0.1) is 24.8 Å². The smallest absolute Gasteiger partial charge is 0.365 e. The van der Waals surface area contributed by atoms with E-state index in [9.17, 15) is 18.0 Å². The van der Waals surface area contributed by atoms with E-state index in [-0.39, 0.29) is 43.8 Å². The van der Waals surface area contributed by atoms with Gasteiger partial charge in [0.1, 0.15) is 0 Å². The highest BCUT2D eigenvalue weighted by Crippen LogP contribution is 2.35. The van der Waals surface area contributed by atoms with Crippen LogP contribution < -0.4 is 10.2 Å². The van der Waals surface area contributed by atoms with E-state index in [0.717, 1.165) is 5.69 Å². The van der Waals surface area contributed by atoms with Crippen LogP contribution in [0.3, 0.4) is 0 Å². The Kier molecular flexibility index (Phi) is 7.40. The lowest BCUT2D eigenvalue weighted by Crippen LogP contribution is -2.52. The molecule has 3 rings (SSSR count). The van der Waals surface area contributed by atoms with Gasteiger partial charge in [0.25, 0.3) is 0 Å². The van der Waals surface area contributed by atoms with E-state index in [0.29, 0.717) is 26.2 Å². The average molecular weight is 404 g/mol. The maximum atomic E-state index is 13.0. The molecular formula is C14H22Cl2F3N5O. The SMILES string of the molecule is Cl.Cl.Cn1cc(N2CCN(C(=O)[C@@H]3CNC[C@H]3C(F)(F)F)CC2)cn1. The normalized spacial score (nSPS) is 23.8. The van der Waals surface area contributed by atoms with Crippen molar-refractivity contribution in [1.29, 1.82) is 0 Å². The van der Waals surface area contributed by atoms with Crippen molar-refractivity contribution >= 4 is 36.4 Å². The van der Waals surface area contributed by atoms with Crippen molar-refractivity contribution in [2.45, 2.75) is 6.18 Å². The molecule has 6 nitrogen and oxygen atoms in total. The van der Waals surface area contributed by atoms with Crippen molar-refractivity contribution in [3.63, 3.8) is 0 Å². The van der Waals surface area contributed by atoms with Gasteiger partial charge in [-0.2, -0.15) is 18.3 Å². The number of amides is 1. The van der Waals surface area contributed by atoms with Gasteiger partial charge in [0.2, 0.25) is 5.91 Å². The summed E-state index contributed by atoms with van der Waals surface area (Å²) in [5.41, 5.74) is 0.968. The first-order valence-corrected chi connectivity index (χ1v) is 7.66. The zero-order valence-corrected chi connectivity index (χ0v) is 15.3. The lowest BCUT2D eigenvalue weighted by molar-refractivity contribution is -0.185. The highest BCUT2D eigenvalue weighted by Gasteiger charge is 2.50. The van der Waals surface area contributed by atoms with Crippen molar-refractivity contribution in [3.8, 4) is 0 Å². The lowest BCUT2D eigenvalue weighted by atomic mass is 9.93. The third-order valence-corrected chi connectivity index (χ3v) is 4.60. The topological polar surface area (TPSA) is 53.4 Å². The van der Waals surface area contributed by atoms with Crippen molar-refractivity contribution < 1.29 is 18.0 Å². The minimum absolute atomic E-state index is 0. The van der Waals surface area contributed by atoms with Crippen molar-refractivity contribution in [2.24, 2.45) is 18.9 Å². The third kappa shape index (κ3) is 4.71. The molecule has 0 unspecified atom stereocenters. The molecule has 144 valence electrons. The minimum Gasteiger partial charge on any atom is -0.365 e. The second-order valence-corrected chi connectivity index (χ2v) is 6.10. The molecule has 0 aliphatic carbocycles. The van der Waals surface area contributed by atoms with E-state index < -0.39 is 18.0 Å². The second kappa shape index (κ2) is 8.46. The summed E-state index contributed by atoms with van der Waals surface area (Å²) in [5, 5.41) is 6.80. The van der Waals surface area contributed by atoms with Gasteiger partial charge in [0, 0.05) is 52.5 Å². The fourth-order valence-corrected chi connectivity index (χ4v) is 3.27. The largest absolute Gasteiger partial charge is 0.393 e. The highest BCUT2D eigenvalue weighted by molar-refractivity contribution is 5.85. The number of nitrogens with one attached hydrogen (secondary N) is 1. The van der Waals surface area contributed by atoms with Crippen LogP contribution in [0.2, 0.25) is 0 Å². The average Bonchev–Trinajstić information content (AvgIpc) is 3.15. The monoisotopic (exact) mass is 403 g/mol. The van der Waals surface area contributed by atoms with Gasteiger partial charge >= 0.3 is 6.18 Å². The molecule has 1 amide bonds. The van der Waals surface area contributed by atoms with Crippen LogP contribution in [0.5, 0.6) is 0 Å². The Hall–Kier alpha value is -1.19. The minimum atomic E-state index is -4.33. The number of halogens is 5. The summed E-state index contributed by atoms with van der Waals surface area (Å²) >= 11 is 0. The molecule has 1 aromatic heterocycles. The summed E-state index contributed by atoms with van der Waals surface area (Å²) in [6, 6.07) is 0. The number of anilines is 1. The number of hydrogen-bond donors (Lipinski definition) is 1. The van der Waals surface area contributed by atoms with Gasteiger partial charge in [-0.1, -0.05) is 0 Å². The molecular weight excluding hydrogens is 382 g/mol. The van der Waals surface area contributed by atoms with Crippen LogP contribution in [0.15, 0.2) is 12.4 Å². The third-order valence-electron chi connectivity index (χ3n) is 4.60. The molecule has 25 heavy (non-hydrogen) atoms. The number of hydrogen-bond acceptors (Lipinski definition) is 4. The number of carbonyl (C=O) groups is 1. The zero-order chi connectivity index (χ0) is 16.6. The standard InChI is InChI=1S/C14H20F3N5O.2ClH/c1-20-9-10(6-19-20)21-2-4-22(5-3-21)13(23)11-7-18-8-12(11)14(15,16)17;;/h6,9,11-12,18H,2-5,7-8H2,1H3;2*1H/t11-,12-;;/m1../s1. The Morgan fingerprint density at radius 2 is 1.84 bits per heavy atom. The van der Waals surface area contributed by atoms with Crippen LogP contribution in [0.25, 0.3) is 0 Å². The van der Waals surface area contributed by atoms with Crippen LogP contribution in [-0.4, -0.2) is 66.0 Å². The predicted molar refractivity (Wildman–Crippen MR) is 92.4 cm³/mol. The van der Waals surface area contributed by atoms with Crippen LogP contribution in [0, 0.1) is 11.8 Å². The van der Waals surface area contributed by atoms with Crippen LogP contribution in [-0.2, 0) is 11.8 Å². The van der Waals surface area contributed by atoms with Gasteiger partial charge in [-0.05, 0) is 0 Å². The first-order valence-electron chi connectivity index (χ1n) is 7.66. The molecule has 1 N–H and O–H groups in total. The summed E-state index contributed by atoms with van der Waals surface area (Å²) in [5.74, 6) is -2.96. The van der Waals surface area contributed by atoms with Gasteiger partial charge < -0.3 is 15.1 Å². The van der Waals surface area contributed by atoms with E-state index in [1.807, 2.05) is 13.2 Å². The van der Waals surface area contributed by atoms with E-state index in [4.69, 9.17) is 0 Å². The van der Waals surface area contributed by atoms with Gasteiger partial charge in [-0.25, -0.2) is 0 Å². The van der Waals surface area contributed by atoms with E-state index in [2.05, 4.69) is 15.3 Å². The summed E-state index contributed by atoms with van der Waals surface area (Å²) in [7, 11) is 1.83. The number of aromatic nitrogens is 2. The Balaban J connectivity index is 0.00000156. The molecule has 0 aromatic carbocycles. The fraction of sp³-hybridized carbons (Fsp3) is 0.714. The van der Waals surface area contributed by atoms with Crippen LogP contribution in [0.1, 0.15) is 0 Å². The number of rotatable bonds is 2. The first kappa shape index (κ1) is 21.9. The maximum absolute atomic E-state index is 13.0. The van der Waals surface area contributed by atoms with Gasteiger partial charge in [-0.3, -0.25) is 9.48 Å². The summed E-state index contributed by atoms with van der Waals surface area (Å²) in [6.07, 6.45) is -0.697. The molecule has 0 radical (unpaired) electrons. The molecule has 1 aromatic rings. The number of alkyl halides is 3.